The second-order valence-corrected chi connectivity index (χ2v) is 6.51. The molecule has 1 aromatic carbocycles. The molecule has 3 rings (SSSR count). The van der Waals surface area contributed by atoms with Crippen LogP contribution < -0.4 is 5.32 Å². The molecule has 0 saturated carbocycles. The van der Waals surface area contributed by atoms with Gasteiger partial charge < -0.3 is 4.42 Å². The van der Waals surface area contributed by atoms with E-state index in [1.807, 2.05) is 11.4 Å². The summed E-state index contributed by atoms with van der Waals surface area (Å²) >= 11 is 1.10. The van der Waals surface area contributed by atoms with Gasteiger partial charge in [0.15, 0.2) is 0 Å². The number of hydrogen-bond acceptors (Lipinski definition) is 6. The molecule has 0 aliphatic heterocycles. The second-order valence-electron chi connectivity index (χ2n) is 4.42. The van der Waals surface area contributed by atoms with Crippen LogP contribution in [-0.4, -0.2) is 21.6 Å². The summed E-state index contributed by atoms with van der Waals surface area (Å²) in [4.78, 5) is 12.8. The highest BCUT2D eigenvalue weighted by molar-refractivity contribution is 8.00. The molecule has 10 heteroatoms. The quantitative estimate of drug-likeness (QED) is 0.676. The summed E-state index contributed by atoms with van der Waals surface area (Å²) in [6.45, 7) is 0. The van der Waals surface area contributed by atoms with Gasteiger partial charge in [0.1, 0.15) is 0 Å². The van der Waals surface area contributed by atoms with Crippen molar-refractivity contribution in [3.05, 3.63) is 47.3 Å². The number of halogens is 3. The Bertz CT molecular complexity index is 847. The van der Waals surface area contributed by atoms with Gasteiger partial charge in [-0.2, -0.15) is 13.2 Å². The number of benzene rings is 1. The third kappa shape index (κ3) is 4.15. The summed E-state index contributed by atoms with van der Waals surface area (Å²) in [5, 5.41) is 11.7. The van der Waals surface area contributed by atoms with Gasteiger partial charge in [-0.15, -0.1) is 16.4 Å². The van der Waals surface area contributed by atoms with Gasteiger partial charge >= 0.3 is 11.5 Å². The fourth-order valence-electron chi connectivity index (χ4n) is 1.78. The molecule has 5 nitrogen and oxygen atoms in total. The molecule has 3 aromatic rings. The van der Waals surface area contributed by atoms with Crippen molar-refractivity contribution in [2.45, 2.75) is 10.4 Å². The normalized spacial score (nSPS) is 11.5. The predicted molar refractivity (Wildman–Crippen MR) is 83.9 cm³/mol. The van der Waals surface area contributed by atoms with E-state index >= 15 is 0 Å². The van der Waals surface area contributed by atoms with Crippen LogP contribution in [0, 0.1) is 0 Å². The van der Waals surface area contributed by atoms with Gasteiger partial charge in [0.2, 0.25) is 0 Å². The summed E-state index contributed by atoms with van der Waals surface area (Å²) < 4.78 is 42.5. The number of carbonyl (C=O) groups excluding carboxylic acids is 1. The van der Waals surface area contributed by atoms with Crippen LogP contribution in [0.1, 0.15) is 10.4 Å². The van der Waals surface area contributed by atoms with E-state index in [0.29, 0.717) is 0 Å². The number of rotatable bonds is 4. The van der Waals surface area contributed by atoms with Crippen LogP contribution in [-0.2, 0) is 0 Å². The van der Waals surface area contributed by atoms with E-state index < -0.39 is 11.4 Å². The maximum absolute atomic E-state index is 12.4. The first-order valence-corrected chi connectivity index (χ1v) is 8.15. The Morgan fingerprint density at radius 1 is 1.21 bits per heavy atom. The SMILES string of the molecule is O=C(Nc1nnc(-c2cccs2)o1)c1cccc(SC(F)(F)F)c1. The third-order valence-corrected chi connectivity index (χ3v) is 4.29. The van der Waals surface area contributed by atoms with Gasteiger partial charge in [0, 0.05) is 10.5 Å². The predicted octanol–water partition coefficient (Wildman–Crippen LogP) is 4.66. The summed E-state index contributed by atoms with van der Waals surface area (Å²) in [7, 11) is 0. The first-order chi connectivity index (χ1) is 11.4. The Morgan fingerprint density at radius 3 is 2.75 bits per heavy atom. The molecule has 0 atom stereocenters. The lowest BCUT2D eigenvalue weighted by Crippen LogP contribution is -2.12. The van der Waals surface area contributed by atoms with Crippen molar-refractivity contribution >= 4 is 35.0 Å². The van der Waals surface area contributed by atoms with E-state index in [1.54, 1.807) is 6.07 Å². The van der Waals surface area contributed by atoms with Crippen LogP contribution in [0.5, 0.6) is 0 Å². The number of nitrogens with zero attached hydrogens (tertiary/aromatic N) is 2. The number of nitrogens with one attached hydrogen (secondary N) is 1. The third-order valence-electron chi connectivity index (χ3n) is 2.71. The largest absolute Gasteiger partial charge is 0.446 e. The minimum Gasteiger partial charge on any atom is -0.402 e. The van der Waals surface area contributed by atoms with Crippen molar-refractivity contribution in [2.24, 2.45) is 0 Å². The van der Waals surface area contributed by atoms with Gasteiger partial charge in [-0.25, -0.2) is 0 Å². The van der Waals surface area contributed by atoms with Gasteiger partial charge in [-0.3, -0.25) is 10.1 Å². The Kier molecular flexibility index (Phi) is 4.58. The minimum atomic E-state index is -4.42. The highest BCUT2D eigenvalue weighted by atomic mass is 32.2. The highest BCUT2D eigenvalue weighted by Gasteiger charge is 2.29. The molecule has 0 fully saturated rings. The summed E-state index contributed by atoms with van der Waals surface area (Å²) in [6.07, 6.45) is 0. The number of hydrogen-bond donors (Lipinski definition) is 1. The molecule has 0 aliphatic carbocycles. The zero-order chi connectivity index (χ0) is 17.2. The van der Waals surface area contributed by atoms with Crippen molar-refractivity contribution in [3.8, 4) is 10.8 Å². The molecule has 0 bridgehead atoms. The zero-order valence-corrected chi connectivity index (χ0v) is 13.3. The van der Waals surface area contributed by atoms with E-state index in [1.165, 1.54) is 29.5 Å². The standard InChI is InChI=1S/C14H8F3N3O2S2/c15-14(16,17)24-9-4-1-3-8(7-9)11(21)18-13-20-19-12(22-13)10-5-2-6-23-10/h1-7H,(H,18,20,21). The average Bonchev–Trinajstić information content (AvgIpc) is 3.16. The number of aromatic nitrogens is 2. The lowest BCUT2D eigenvalue weighted by Gasteiger charge is -2.06. The number of carbonyl (C=O) groups is 1. The van der Waals surface area contributed by atoms with E-state index in [0.717, 1.165) is 10.9 Å². The highest BCUT2D eigenvalue weighted by Crippen LogP contribution is 2.37. The monoisotopic (exact) mass is 371 g/mol. The van der Waals surface area contributed by atoms with Gasteiger partial charge in [-0.05, 0) is 41.4 Å². The van der Waals surface area contributed by atoms with Gasteiger partial charge in [0.25, 0.3) is 11.8 Å². The topological polar surface area (TPSA) is 68.0 Å². The smallest absolute Gasteiger partial charge is 0.402 e. The Hall–Kier alpha value is -2.33. The van der Waals surface area contributed by atoms with Gasteiger partial charge in [0.05, 0.1) is 4.88 Å². The molecule has 2 heterocycles. The summed E-state index contributed by atoms with van der Waals surface area (Å²) in [6, 6.07) is 8.64. The van der Waals surface area contributed by atoms with Crippen molar-refractivity contribution in [3.63, 3.8) is 0 Å². The lowest BCUT2D eigenvalue weighted by atomic mass is 10.2. The maximum Gasteiger partial charge on any atom is 0.446 e. The molecule has 1 amide bonds. The van der Waals surface area contributed by atoms with Crippen molar-refractivity contribution < 1.29 is 22.4 Å². The number of anilines is 1. The Balaban J connectivity index is 1.72. The Morgan fingerprint density at radius 2 is 2.04 bits per heavy atom. The molecule has 1 N–H and O–H groups in total. The first-order valence-electron chi connectivity index (χ1n) is 6.45. The first kappa shape index (κ1) is 16.5. The Labute approximate surface area is 141 Å². The fraction of sp³-hybridized carbons (Fsp3) is 0.0714. The molecule has 0 spiro atoms. The average molecular weight is 371 g/mol. The maximum atomic E-state index is 12.4. The van der Waals surface area contributed by atoms with E-state index in [-0.39, 0.29) is 34.1 Å². The van der Waals surface area contributed by atoms with Crippen molar-refractivity contribution in [2.75, 3.05) is 5.32 Å². The number of thioether (sulfide) groups is 1. The van der Waals surface area contributed by atoms with Crippen LogP contribution >= 0.6 is 23.1 Å². The van der Waals surface area contributed by atoms with Crippen LogP contribution in [0.4, 0.5) is 19.2 Å². The van der Waals surface area contributed by atoms with Gasteiger partial charge in [-0.1, -0.05) is 17.2 Å². The summed E-state index contributed by atoms with van der Waals surface area (Å²) in [5.41, 5.74) is -4.36. The zero-order valence-electron chi connectivity index (χ0n) is 11.7. The van der Waals surface area contributed by atoms with E-state index in [4.69, 9.17) is 4.42 Å². The molecule has 124 valence electrons. The molecular formula is C14H8F3N3O2S2. The van der Waals surface area contributed by atoms with Crippen molar-refractivity contribution in [1.29, 1.82) is 0 Å². The van der Waals surface area contributed by atoms with E-state index in [2.05, 4.69) is 15.5 Å². The number of amides is 1. The second kappa shape index (κ2) is 6.65. The van der Waals surface area contributed by atoms with Crippen molar-refractivity contribution in [1.82, 2.24) is 10.2 Å². The van der Waals surface area contributed by atoms with Crippen LogP contribution in [0.25, 0.3) is 10.8 Å². The molecule has 0 unspecified atom stereocenters. The minimum absolute atomic E-state index is 0.0557. The molecule has 0 radical (unpaired) electrons. The van der Waals surface area contributed by atoms with E-state index in [9.17, 15) is 18.0 Å². The number of alkyl halides is 3. The van der Waals surface area contributed by atoms with Crippen LogP contribution in [0.15, 0.2) is 51.1 Å². The van der Waals surface area contributed by atoms with Crippen LogP contribution in [0.2, 0.25) is 0 Å². The molecular weight excluding hydrogens is 363 g/mol. The lowest BCUT2D eigenvalue weighted by molar-refractivity contribution is -0.0328. The fourth-order valence-corrected chi connectivity index (χ4v) is 3.02. The molecule has 2 aromatic heterocycles. The van der Waals surface area contributed by atoms with Crippen LogP contribution in [0.3, 0.4) is 0 Å². The molecule has 24 heavy (non-hydrogen) atoms. The number of thiophene rings is 1. The summed E-state index contributed by atoms with van der Waals surface area (Å²) in [5.74, 6) is -0.386. The molecule has 0 saturated heterocycles. The molecule has 0 aliphatic rings.